The van der Waals surface area contributed by atoms with Gasteiger partial charge in [0.05, 0.1) is 38.5 Å². The van der Waals surface area contributed by atoms with E-state index in [0.717, 1.165) is 77.0 Å². The molecule has 114 heavy (non-hydrogen) atoms. The minimum Gasteiger partial charge on any atom is -0.455 e. The second-order valence-corrected chi connectivity index (χ2v) is 30.4. The molecule has 24 rings (SSSR count). The zero-order valence-electron chi connectivity index (χ0n) is 61.3. The van der Waals surface area contributed by atoms with Crippen molar-refractivity contribution >= 4 is 97.1 Å². The fourth-order valence-electron chi connectivity index (χ4n) is 18.9. The summed E-state index contributed by atoms with van der Waals surface area (Å²) in [6, 6.07) is 138. The van der Waals surface area contributed by atoms with Crippen molar-refractivity contribution < 1.29 is 4.42 Å². The molecule has 10 heteroatoms. The summed E-state index contributed by atoms with van der Waals surface area (Å²) in [5, 5.41) is 9.21. The van der Waals surface area contributed by atoms with Crippen LogP contribution in [0.5, 0.6) is 0 Å². The van der Waals surface area contributed by atoms with Gasteiger partial charge in [-0.3, -0.25) is 9.13 Å². The van der Waals surface area contributed by atoms with Crippen LogP contribution in [-0.2, 0) is 10.8 Å². The van der Waals surface area contributed by atoms with E-state index < -0.39 is 10.8 Å². The first-order valence-corrected chi connectivity index (χ1v) is 39.4. The summed E-state index contributed by atoms with van der Waals surface area (Å²) in [5.74, 6) is 3.56. The molecule has 16 aromatic carbocycles. The lowest BCUT2D eigenvalue weighted by Gasteiger charge is -2.33. The van der Waals surface area contributed by atoms with Crippen LogP contribution >= 0.6 is 11.3 Å². The molecule has 0 saturated carbocycles. The van der Waals surface area contributed by atoms with Gasteiger partial charge in [0.1, 0.15) is 11.2 Å². The molecule has 0 unspecified atom stereocenters. The number of furan rings is 1. The minimum atomic E-state index is -0.516. The average molecular weight is 1470 g/mol. The van der Waals surface area contributed by atoms with Crippen LogP contribution in [0.3, 0.4) is 0 Å². The number of fused-ring (bicyclic) bond motifs is 20. The molecule has 2 aliphatic rings. The van der Waals surface area contributed by atoms with E-state index in [4.69, 9.17) is 34.3 Å². The Morgan fingerprint density at radius 1 is 0.246 bits per heavy atom. The molecule has 0 spiro atoms. The summed E-state index contributed by atoms with van der Waals surface area (Å²) in [6.45, 7) is 0. The zero-order chi connectivity index (χ0) is 75.0. The first-order chi connectivity index (χ1) is 56.6. The molecule has 6 aromatic heterocycles. The van der Waals surface area contributed by atoms with Crippen LogP contribution in [-0.4, -0.2) is 39.0 Å². The van der Waals surface area contributed by atoms with Crippen LogP contribution in [0, 0.1) is 0 Å². The summed E-state index contributed by atoms with van der Waals surface area (Å²) in [6.07, 6.45) is 0. The van der Waals surface area contributed by atoms with E-state index in [0.29, 0.717) is 35.2 Å². The third-order valence-electron chi connectivity index (χ3n) is 23.5. The van der Waals surface area contributed by atoms with Crippen molar-refractivity contribution in [3.63, 3.8) is 0 Å². The maximum atomic E-state index is 6.52. The summed E-state index contributed by atoms with van der Waals surface area (Å²) in [7, 11) is 0. The van der Waals surface area contributed by atoms with Crippen LogP contribution in [0.15, 0.2) is 393 Å². The van der Waals surface area contributed by atoms with Crippen LogP contribution in [0.4, 0.5) is 0 Å². The molecule has 532 valence electrons. The van der Waals surface area contributed by atoms with E-state index in [-0.39, 0.29) is 0 Å². The maximum absolute atomic E-state index is 6.52. The first-order valence-electron chi connectivity index (χ1n) is 38.6. The normalized spacial score (nSPS) is 13.1. The Balaban J connectivity index is 0.000000135. The molecular formula is C104H64N8OS. The monoisotopic (exact) mass is 1470 g/mol. The topological polar surface area (TPSA) is 100 Å². The molecule has 2 aliphatic carbocycles. The Labute approximate surface area is 659 Å². The lowest BCUT2D eigenvalue weighted by Crippen LogP contribution is -2.28. The van der Waals surface area contributed by atoms with Crippen molar-refractivity contribution in [2.75, 3.05) is 0 Å². The third kappa shape index (κ3) is 9.65. The number of para-hydroxylation sites is 4. The predicted molar refractivity (Wildman–Crippen MR) is 465 cm³/mol. The number of hydrogen-bond acceptors (Lipinski definition) is 8. The summed E-state index contributed by atoms with van der Waals surface area (Å²) in [4.78, 5) is 31.7. The van der Waals surface area contributed by atoms with Crippen molar-refractivity contribution in [2.24, 2.45) is 0 Å². The molecule has 0 saturated heterocycles. The van der Waals surface area contributed by atoms with Gasteiger partial charge in [-0.25, -0.2) is 9.97 Å². The first kappa shape index (κ1) is 65.1. The fraction of sp³-hybridized carbons (Fsp3) is 0.0192. The Bertz CT molecular complexity index is 7070. The van der Waals surface area contributed by atoms with E-state index >= 15 is 0 Å². The molecule has 22 aromatic rings. The second kappa shape index (κ2) is 25.9. The molecule has 0 atom stereocenters. The molecule has 6 heterocycles. The number of nitrogens with zero attached hydrogens (tertiary/aromatic N) is 8. The Kier molecular flexibility index (Phi) is 14.8. The van der Waals surface area contributed by atoms with Gasteiger partial charge in [-0.2, -0.15) is 19.9 Å². The second-order valence-electron chi connectivity index (χ2n) is 29.4. The Morgan fingerprint density at radius 2 is 0.614 bits per heavy atom. The molecule has 0 radical (unpaired) electrons. The summed E-state index contributed by atoms with van der Waals surface area (Å²) < 4.78 is 13.4. The number of thiophene rings is 1. The number of hydrogen-bond donors (Lipinski definition) is 0. The predicted octanol–water partition coefficient (Wildman–Crippen LogP) is 25.6. The summed E-state index contributed by atoms with van der Waals surface area (Å²) in [5.41, 5.74) is 23.4. The average Bonchev–Trinajstić information content (AvgIpc) is 1.52. The number of benzene rings is 16. The quantitative estimate of drug-likeness (QED) is 0.134. The molecule has 0 amide bonds. The lowest BCUT2D eigenvalue weighted by atomic mass is 9.67. The van der Waals surface area contributed by atoms with Crippen LogP contribution in [0.2, 0.25) is 0 Å². The third-order valence-corrected chi connectivity index (χ3v) is 24.7. The van der Waals surface area contributed by atoms with Gasteiger partial charge in [0.25, 0.3) is 0 Å². The van der Waals surface area contributed by atoms with Crippen molar-refractivity contribution in [1.29, 1.82) is 0 Å². The smallest absolute Gasteiger partial charge is 0.238 e. The van der Waals surface area contributed by atoms with Gasteiger partial charge in [-0.1, -0.05) is 340 Å². The van der Waals surface area contributed by atoms with Gasteiger partial charge in [-0.05, 0) is 115 Å². The van der Waals surface area contributed by atoms with Crippen molar-refractivity contribution in [1.82, 2.24) is 39.0 Å². The van der Waals surface area contributed by atoms with Crippen molar-refractivity contribution in [2.45, 2.75) is 10.8 Å². The highest BCUT2D eigenvalue weighted by Gasteiger charge is 2.49. The largest absolute Gasteiger partial charge is 0.455 e. The molecule has 0 aliphatic heterocycles. The van der Waals surface area contributed by atoms with E-state index in [1.807, 2.05) is 72.8 Å². The zero-order valence-corrected chi connectivity index (χ0v) is 62.2. The van der Waals surface area contributed by atoms with Gasteiger partial charge in [-0.15, -0.1) is 11.3 Å². The Hall–Kier alpha value is -14.8. The van der Waals surface area contributed by atoms with E-state index in [1.165, 1.54) is 97.7 Å². The van der Waals surface area contributed by atoms with E-state index in [2.05, 4.69) is 325 Å². The van der Waals surface area contributed by atoms with Crippen LogP contribution < -0.4 is 0 Å². The highest BCUT2D eigenvalue weighted by molar-refractivity contribution is 7.26. The van der Waals surface area contributed by atoms with Gasteiger partial charge >= 0.3 is 0 Å². The standard InChI is InChI=1S/C52H32N4O.C52H32N4S/c2*1-4-17-33(18-5-1)49-53-50(40-27-16-26-37-36-23-12-15-30-45(36)57-48(37)40)55-51(54-49)56-43-29-14-11-25-39(43)47-44(56)32-31-42-46(47)38-24-10-13-28-41(38)52(42,34-19-6-2-7-20-34)35-21-8-3-9-22-35/h2*1-32H. The van der Waals surface area contributed by atoms with Crippen molar-refractivity contribution in [3.8, 4) is 79.7 Å². The summed E-state index contributed by atoms with van der Waals surface area (Å²) >= 11 is 1.79. The number of aromatic nitrogens is 8. The molecule has 0 bridgehead atoms. The molecule has 9 nitrogen and oxygen atoms in total. The highest BCUT2D eigenvalue weighted by atomic mass is 32.1. The molecular weight excluding hydrogens is 1410 g/mol. The number of rotatable bonds is 10. The molecule has 0 N–H and O–H groups in total. The molecule has 0 fully saturated rings. The highest BCUT2D eigenvalue weighted by Crippen LogP contribution is 2.61. The van der Waals surface area contributed by atoms with Crippen molar-refractivity contribution in [3.05, 3.63) is 433 Å². The van der Waals surface area contributed by atoms with Gasteiger partial charge < -0.3 is 4.42 Å². The fourth-order valence-corrected chi connectivity index (χ4v) is 20.1. The lowest BCUT2D eigenvalue weighted by molar-refractivity contribution is 0.669. The van der Waals surface area contributed by atoms with E-state index in [1.54, 1.807) is 11.3 Å². The van der Waals surface area contributed by atoms with E-state index in [9.17, 15) is 0 Å². The maximum Gasteiger partial charge on any atom is 0.238 e. The van der Waals surface area contributed by atoms with Crippen LogP contribution in [0.25, 0.3) is 165 Å². The SMILES string of the molecule is c1ccc(-c2nc(-c3cccc4c3oc3ccccc34)nc(-n3c4ccccc4c4c5c(ccc43)C(c3ccccc3)(c3ccccc3)c3ccccc3-5)n2)cc1.c1ccc(-c2nc(-c3cccc4c3sc3ccccc34)nc(-n3c4ccccc4c4c5c(ccc43)C(c3ccccc3)(c3ccccc3)c3ccccc3-5)n2)cc1. The minimum absolute atomic E-state index is 0.504. The van der Waals surface area contributed by atoms with Crippen LogP contribution in [0.1, 0.15) is 44.5 Å². The van der Waals surface area contributed by atoms with Gasteiger partial charge in [0, 0.05) is 69.2 Å². The van der Waals surface area contributed by atoms with Gasteiger partial charge in [0.15, 0.2) is 23.3 Å². The van der Waals surface area contributed by atoms with Gasteiger partial charge in [0.2, 0.25) is 11.9 Å². The Morgan fingerprint density at radius 3 is 1.11 bits per heavy atom.